The zero-order chi connectivity index (χ0) is 11.8. The topological polar surface area (TPSA) is 12.0 Å². The summed E-state index contributed by atoms with van der Waals surface area (Å²) >= 11 is 4.73. The molecule has 1 atom stereocenters. The highest BCUT2D eigenvalue weighted by Gasteiger charge is 2.21. The Morgan fingerprint density at radius 3 is 2.25 bits per heavy atom. The fraction of sp³-hybridized carbons (Fsp3) is 0.571. The van der Waals surface area contributed by atoms with E-state index in [4.69, 9.17) is 12.6 Å². The Balaban J connectivity index is 0.000000606. The summed E-state index contributed by atoms with van der Waals surface area (Å²) in [6.45, 7) is 6.29. The molecular formula is C14H23NS. The van der Waals surface area contributed by atoms with Crippen molar-refractivity contribution in [1.29, 1.82) is 0 Å². The highest BCUT2D eigenvalue weighted by atomic mass is 32.1. The van der Waals surface area contributed by atoms with E-state index in [-0.39, 0.29) is 0 Å². The first-order chi connectivity index (χ1) is 7.88. The molecule has 0 amide bonds. The molecule has 1 nitrogen and oxygen atoms in total. The second-order valence-corrected chi connectivity index (χ2v) is 4.50. The third kappa shape index (κ3) is 3.84. The van der Waals surface area contributed by atoms with Crippen LogP contribution >= 0.6 is 12.6 Å². The molecule has 1 unspecified atom stereocenters. The van der Waals surface area contributed by atoms with Gasteiger partial charge in [-0.3, -0.25) is 0 Å². The standard InChI is InChI=1S/C12H17NS.C2H6/c14-12(10-4-2-1-3-5-10)11-6-8-13-9-7-11;1-2/h1-5,11-14H,6-9H2;1-2H3. The summed E-state index contributed by atoms with van der Waals surface area (Å²) in [7, 11) is 0. The van der Waals surface area contributed by atoms with Gasteiger partial charge in [-0.05, 0) is 37.4 Å². The van der Waals surface area contributed by atoms with Crippen LogP contribution in [0.1, 0.15) is 37.5 Å². The van der Waals surface area contributed by atoms with E-state index >= 15 is 0 Å². The summed E-state index contributed by atoms with van der Waals surface area (Å²) in [6.07, 6.45) is 2.51. The fourth-order valence-electron chi connectivity index (χ4n) is 2.08. The predicted molar refractivity (Wildman–Crippen MR) is 75.1 cm³/mol. The Hall–Kier alpha value is -0.470. The average Bonchev–Trinajstić information content (AvgIpc) is 2.42. The number of thiol groups is 1. The average molecular weight is 237 g/mol. The van der Waals surface area contributed by atoms with Gasteiger partial charge in [0.1, 0.15) is 0 Å². The van der Waals surface area contributed by atoms with Crippen LogP contribution in [0, 0.1) is 5.92 Å². The zero-order valence-corrected chi connectivity index (χ0v) is 11.2. The monoisotopic (exact) mass is 237 g/mol. The van der Waals surface area contributed by atoms with E-state index in [1.807, 2.05) is 13.8 Å². The Morgan fingerprint density at radius 1 is 1.12 bits per heavy atom. The van der Waals surface area contributed by atoms with Crippen molar-refractivity contribution in [2.45, 2.75) is 31.9 Å². The van der Waals surface area contributed by atoms with Crippen LogP contribution in [0.5, 0.6) is 0 Å². The number of nitrogens with one attached hydrogen (secondary N) is 1. The van der Waals surface area contributed by atoms with Crippen molar-refractivity contribution in [2.24, 2.45) is 5.92 Å². The van der Waals surface area contributed by atoms with Crippen LogP contribution in [-0.4, -0.2) is 13.1 Å². The van der Waals surface area contributed by atoms with Gasteiger partial charge in [0.25, 0.3) is 0 Å². The summed E-state index contributed by atoms with van der Waals surface area (Å²) < 4.78 is 0. The molecule has 2 rings (SSSR count). The molecular weight excluding hydrogens is 214 g/mol. The summed E-state index contributed by atoms with van der Waals surface area (Å²) in [4.78, 5) is 0. The maximum Gasteiger partial charge on any atom is 0.0296 e. The lowest BCUT2D eigenvalue weighted by Crippen LogP contribution is -2.29. The van der Waals surface area contributed by atoms with Gasteiger partial charge >= 0.3 is 0 Å². The minimum Gasteiger partial charge on any atom is -0.317 e. The molecule has 0 radical (unpaired) electrons. The Kier molecular flexibility index (Phi) is 6.58. The van der Waals surface area contributed by atoms with Gasteiger partial charge in [-0.2, -0.15) is 12.6 Å². The lowest BCUT2D eigenvalue weighted by Gasteiger charge is -2.27. The lowest BCUT2D eigenvalue weighted by molar-refractivity contribution is 0.368. The highest BCUT2D eigenvalue weighted by Crippen LogP contribution is 2.33. The van der Waals surface area contributed by atoms with Crippen molar-refractivity contribution < 1.29 is 0 Å². The molecule has 0 aliphatic carbocycles. The molecule has 0 bridgehead atoms. The van der Waals surface area contributed by atoms with Crippen molar-refractivity contribution in [3.05, 3.63) is 35.9 Å². The SMILES string of the molecule is CC.SC(c1ccccc1)C1CCNCC1. The van der Waals surface area contributed by atoms with Crippen LogP contribution in [0.3, 0.4) is 0 Å². The molecule has 1 heterocycles. The normalized spacial score (nSPS) is 18.4. The number of hydrogen-bond donors (Lipinski definition) is 2. The van der Waals surface area contributed by atoms with Crippen molar-refractivity contribution in [2.75, 3.05) is 13.1 Å². The molecule has 0 aromatic heterocycles. The first-order valence-electron chi connectivity index (χ1n) is 6.31. The Bertz CT molecular complexity index is 267. The first-order valence-corrected chi connectivity index (χ1v) is 6.83. The molecule has 16 heavy (non-hydrogen) atoms. The van der Waals surface area contributed by atoms with E-state index in [1.165, 1.54) is 18.4 Å². The van der Waals surface area contributed by atoms with Crippen molar-refractivity contribution in [3.8, 4) is 0 Å². The maximum absolute atomic E-state index is 4.73. The minimum absolute atomic E-state index is 0.415. The van der Waals surface area contributed by atoms with Gasteiger partial charge in [0.15, 0.2) is 0 Å². The number of rotatable bonds is 2. The van der Waals surface area contributed by atoms with E-state index in [0.29, 0.717) is 5.25 Å². The molecule has 1 aromatic rings. The van der Waals surface area contributed by atoms with Crippen LogP contribution in [0.2, 0.25) is 0 Å². The number of hydrogen-bond acceptors (Lipinski definition) is 2. The molecule has 0 saturated carbocycles. The summed E-state index contributed by atoms with van der Waals surface area (Å²) in [5.41, 5.74) is 1.36. The third-order valence-electron chi connectivity index (χ3n) is 2.97. The molecule has 0 spiro atoms. The van der Waals surface area contributed by atoms with Gasteiger partial charge in [-0.25, -0.2) is 0 Å². The van der Waals surface area contributed by atoms with Crippen LogP contribution in [0.4, 0.5) is 0 Å². The van der Waals surface area contributed by atoms with Crippen LogP contribution < -0.4 is 5.32 Å². The molecule has 1 fully saturated rings. The fourth-order valence-corrected chi connectivity index (χ4v) is 2.55. The van der Waals surface area contributed by atoms with Crippen molar-refractivity contribution >= 4 is 12.6 Å². The van der Waals surface area contributed by atoms with Gasteiger partial charge < -0.3 is 5.32 Å². The van der Waals surface area contributed by atoms with Gasteiger partial charge in [-0.15, -0.1) is 0 Å². The second-order valence-electron chi connectivity index (χ2n) is 3.94. The molecule has 1 aromatic carbocycles. The van der Waals surface area contributed by atoms with Crippen LogP contribution in [0.25, 0.3) is 0 Å². The van der Waals surface area contributed by atoms with Crippen molar-refractivity contribution in [3.63, 3.8) is 0 Å². The predicted octanol–water partition coefficient (Wildman–Crippen LogP) is 3.68. The quantitative estimate of drug-likeness (QED) is 0.748. The van der Waals surface area contributed by atoms with Gasteiger partial charge in [0, 0.05) is 5.25 Å². The molecule has 90 valence electrons. The Morgan fingerprint density at radius 2 is 1.69 bits per heavy atom. The third-order valence-corrected chi connectivity index (χ3v) is 3.69. The first kappa shape index (κ1) is 13.6. The molecule has 1 aliphatic rings. The molecule has 1 N–H and O–H groups in total. The van der Waals surface area contributed by atoms with E-state index in [1.54, 1.807) is 0 Å². The minimum atomic E-state index is 0.415. The van der Waals surface area contributed by atoms with Gasteiger partial charge in [0.05, 0.1) is 0 Å². The van der Waals surface area contributed by atoms with E-state index in [2.05, 4.69) is 35.6 Å². The van der Waals surface area contributed by atoms with E-state index in [0.717, 1.165) is 19.0 Å². The zero-order valence-electron chi connectivity index (χ0n) is 10.3. The second kappa shape index (κ2) is 7.75. The molecule has 2 heteroatoms. The summed E-state index contributed by atoms with van der Waals surface area (Å²) in [5, 5.41) is 3.80. The van der Waals surface area contributed by atoms with Gasteiger partial charge in [-0.1, -0.05) is 44.2 Å². The smallest absolute Gasteiger partial charge is 0.0296 e. The van der Waals surface area contributed by atoms with E-state index in [9.17, 15) is 0 Å². The van der Waals surface area contributed by atoms with E-state index < -0.39 is 0 Å². The van der Waals surface area contributed by atoms with Crippen molar-refractivity contribution in [1.82, 2.24) is 5.32 Å². The van der Waals surface area contributed by atoms with Crippen LogP contribution in [-0.2, 0) is 0 Å². The maximum atomic E-state index is 4.73. The lowest BCUT2D eigenvalue weighted by atomic mass is 9.90. The molecule has 1 saturated heterocycles. The molecule has 1 aliphatic heterocycles. The summed E-state index contributed by atoms with van der Waals surface area (Å²) in [6, 6.07) is 10.6. The summed E-state index contributed by atoms with van der Waals surface area (Å²) in [5.74, 6) is 0.738. The van der Waals surface area contributed by atoms with Gasteiger partial charge in [0.2, 0.25) is 0 Å². The Labute approximate surface area is 105 Å². The highest BCUT2D eigenvalue weighted by molar-refractivity contribution is 7.80. The largest absolute Gasteiger partial charge is 0.317 e. The number of piperidine rings is 1. The van der Waals surface area contributed by atoms with Crippen LogP contribution in [0.15, 0.2) is 30.3 Å². The number of benzene rings is 1.